The molecule has 0 aromatic heterocycles. The molecule has 6 nitrogen and oxygen atoms in total. The first-order valence-corrected chi connectivity index (χ1v) is 8.89. The van der Waals surface area contributed by atoms with Crippen LogP contribution in [0.4, 0.5) is 0 Å². The number of fused-ring (bicyclic) bond motifs is 1. The molecule has 1 aliphatic carbocycles. The first-order valence-electron chi connectivity index (χ1n) is 8.89. The molecular formula is C20H26O6. The van der Waals surface area contributed by atoms with Gasteiger partial charge in [-0.05, 0) is 37.0 Å². The summed E-state index contributed by atoms with van der Waals surface area (Å²) in [7, 11) is 0. The van der Waals surface area contributed by atoms with E-state index in [2.05, 4.69) is 6.58 Å². The van der Waals surface area contributed by atoms with Crippen molar-refractivity contribution in [3.05, 3.63) is 35.5 Å². The Morgan fingerprint density at radius 3 is 2.85 bits per heavy atom. The molecule has 142 valence electrons. The Morgan fingerprint density at radius 2 is 2.23 bits per heavy atom. The lowest BCUT2D eigenvalue weighted by atomic mass is 9.85. The van der Waals surface area contributed by atoms with Gasteiger partial charge in [0.2, 0.25) is 0 Å². The third-order valence-electron chi connectivity index (χ3n) is 5.09. The van der Waals surface area contributed by atoms with Crippen LogP contribution in [0.2, 0.25) is 0 Å². The third-order valence-corrected chi connectivity index (χ3v) is 5.09. The monoisotopic (exact) mass is 362 g/mol. The largest absolute Gasteiger partial charge is 0.461 e. The van der Waals surface area contributed by atoms with Crippen molar-refractivity contribution in [1.82, 2.24) is 0 Å². The Morgan fingerprint density at radius 1 is 1.54 bits per heavy atom. The predicted molar refractivity (Wildman–Crippen MR) is 95.0 cm³/mol. The zero-order valence-electron chi connectivity index (χ0n) is 15.4. The molecule has 1 fully saturated rings. The van der Waals surface area contributed by atoms with E-state index in [0.717, 1.165) is 0 Å². The molecule has 1 heterocycles. The average Bonchev–Trinajstić information content (AvgIpc) is 2.89. The number of aliphatic hydroxyl groups is 1. The second-order valence-corrected chi connectivity index (χ2v) is 6.97. The molecule has 0 radical (unpaired) electrons. The number of carbonyl (C=O) groups is 3. The summed E-state index contributed by atoms with van der Waals surface area (Å²) in [6.45, 7) is 9.18. The maximum Gasteiger partial charge on any atom is 0.334 e. The second-order valence-electron chi connectivity index (χ2n) is 6.97. The van der Waals surface area contributed by atoms with Crippen LogP contribution < -0.4 is 0 Å². The molecule has 1 N–H and O–H groups in total. The van der Waals surface area contributed by atoms with Crippen LogP contribution in [0.1, 0.15) is 40.0 Å². The number of aliphatic hydroxyl groups excluding tert-OH is 1. The summed E-state index contributed by atoms with van der Waals surface area (Å²) in [4.78, 5) is 35.8. The van der Waals surface area contributed by atoms with Crippen molar-refractivity contribution in [2.24, 2.45) is 11.8 Å². The van der Waals surface area contributed by atoms with Crippen LogP contribution in [0.25, 0.3) is 0 Å². The number of hydrogen-bond donors (Lipinski definition) is 1. The normalized spacial score (nSPS) is 34.5. The van der Waals surface area contributed by atoms with Gasteiger partial charge in [0.05, 0.1) is 17.9 Å². The van der Waals surface area contributed by atoms with Crippen molar-refractivity contribution in [3.63, 3.8) is 0 Å². The van der Waals surface area contributed by atoms with Gasteiger partial charge in [0.25, 0.3) is 0 Å². The van der Waals surface area contributed by atoms with Crippen molar-refractivity contribution in [1.29, 1.82) is 0 Å². The Labute approximate surface area is 153 Å². The molecular weight excluding hydrogens is 336 g/mol. The number of esters is 2. The van der Waals surface area contributed by atoms with Gasteiger partial charge in [-0.15, -0.1) is 0 Å². The van der Waals surface area contributed by atoms with E-state index in [4.69, 9.17) is 9.47 Å². The summed E-state index contributed by atoms with van der Waals surface area (Å²) in [5, 5.41) is 10.2. The molecule has 2 aliphatic rings. The van der Waals surface area contributed by atoms with Gasteiger partial charge in [0.1, 0.15) is 18.5 Å². The van der Waals surface area contributed by atoms with Crippen LogP contribution in [0.3, 0.4) is 0 Å². The van der Waals surface area contributed by atoms with Gasteiger partial charge in [0.15, 0.2) is 0 Å². The fraction of sp³-hybridized carbons (Fsp3) is 0.550. The molecule has 0 saturated carbocycles. The standard InChI is InChI=1S/C20H26O6/c1-5-11(2)19(23)25-17-9-14(10-21)6-7-15(22)12(3)8-16-18(17)13(4)20(24)26-16/h6,8,10-11,15-18,22H,4-5,7,9H2,1-3H3/b12-8-,14-6+/t11-,15+,16+,17-,18+/m1/s1. The second kappa shape index (κ2) is 8.45. The lowest BCUT2D eigenvalue weighted by molar-refractivity contribution is -0.156. The Hall–Kier alpha value is -2.21. The van der Waals surface area contributed by atoms with Crippen LogP contribution in [-0.2, 0) is 23.9 Å². The smallest absolute Gasteiger partial charge is 0.334 e. The molecule has 0 aromatic carbocycles. The summed E-state index contributed by atoms with van der Waals surface area (Å²) in [6, 6.07) is 0. The highest BCUT2D eigenvalue weighted by molar-refractivity contribution is 5.91. The van der Waals surface area contributed by atoms with Crippen molar-refractivity contribution in [2.45, 2.75) is 58.3 Å². The van der Waals surface area contributed by atoms with Crippen LogP contribution in [-0.4, -0.2) is 41.6 Å². The van der Waals surface area contributed by atoms with Crippen molar-refractivity contribution < 1.29 is 29.0 Å². The lowest BCUT2D eigenvalue weighted by Gasteiger charge is -2.28. The van der Waals surface area contributed by atoms with Crippen LogP contribution in [0.5, 0.6) is 0 Å². The molecule has 1 saturated heterocycles. The van der Waals surface area contributed by atoms with Crippen LogP contribution in [0, 0.1) is 11.8 Å². The highest BCUT2D eigenvalue weighted by atomic mass is 16.6. The quantitative estimate of drug-likeness (QED) is 0.357. The summed E-state index contributed by atoms with van der Waals surface area (Å²) in [6.07, 6.45) is 2.81. The van der Waals surface area contributed by atoms with Crippen LogP contribution >= 0.6 is 0 Å². The third kappa shape index (κ3) is 4.30. The molecule has 0 unspecified atom stereocenters. The fourth-order valence-electron chi connectivity index (χ4n) is 3.09. The Kier molecular flexibility index (Phi) is 6.53. The Balaban J connectivity index is 2.43. The summed E-state index contributed by atoms with van der Waals surface area (Å²) >= 11 is 0. The molecule has 0 spiro atoms. The molecule has 0 bridgehead atoms. The molecule has 6 heteroatoms. The van der Waals surface area contributed by atoms with Crippen molar-refractivity contribution >= 4 is 18.2 Å². The molecule has 5 atom stereocenters. The maximum absolute atomic E-state index is 12.3. The van der Waals surface area contributed by atoms with E-state index in [1.807, 2.05) is 6.92 Å². The first-order chi connectivity index (χ1) is 12.3. The Bertz CT molecular complexity index is 659. The summed E-state index contributed by atoms with van der Waals surface area (Å²) in [5.41, 5.74) is 1.24. The highest BCUT2D eigenvalue weighted by Crippen LogP contribution is 2.36. The maximum atomic E-state index is 12.3. The van der Waals surface area contributed by atoms with E-state index in [-0.39, 0.29) is 30.3 Å². The van der Waals surface area contributed by atoms with E-state index in [9.17, 15) is 19.5 Å². The van der Waals surface area contributed by atoms with Crippen molar-refractivity contribution in [2.75, 3.05) is 0 Å². The van der Waals surface area contributed by atoms with Crippen molar-refractivity contribution in [3.8, 4) is 0 Å². The number of rotatable bonds is 4. The fourth-order valence-corrected chi connectivity index (χ4v) is 3.09. The topological polar surface area (TPSA) is 89.9 Å². The van der Waals surface area contributed by atoms with Gasteiger partial charge in [-0.1, -0.05) is 26.5 Å². The van der Waals surface area contributed by atoms with Gasteiger partial charge >= 0.3 is 11.9 Å². The summed E-state index contributed by atoms with van der Waals surface area (Å²) < 4.78 is 11.0. The number of hydrogen-bond acceptors (Lipinski definition) is 6. The minimum atomic E-state index is -0.780. The lowest BCUT2D eigenvalue weighted by Crippen LogP contribution is -2.35. The summed E-state index contributed by atoms with van der Waals surface area (Å²) in [5.74, 6) is -1.83. The van der Waals surface area contributed by atoms with Gasteiger partial charge in [0, 0.05) is 12.0 Å². The molecule has 0 aromatic rings. The van der Waals surface area contributed by atoms with Crippen LogP contribution in [0.15, 0.2) is 35.5 Å². The predicted octanol–water partition coefficient (Wildman–Crippen LogP) is 2.27. The average molecular weight is 362 g/mol. The van der Waals surface area contributed by atoms with E-state index < -0.39 is 30.2 Å². The van der Waals surface area contributed by atoms with E-state index in [1.54, 1.807) is 26.0 Å². The zero-order chi connectivity index (χ0) is 19.4. The highest BCUT2D eigenvalue weighted by Gasteiger charge is 2.45. The minimum Gasteiger partial charge on any atom is -0.461 e. The van der Waals surface area contributed by atoms with Gasteiger partial charge in [-0.3, -0.25) is 9.59 Å². The van der Waals surface area contributed by atoms with Gasteiger partial charge < -0.3 is 14.6 Å². The number of carbonyl (C=O) groups excluding carboxylic acids is 3. The van der Waals surface area contributed by atoms with E-state index in [1.165, 1.54) is 0 Å². The first kappa shape index (κ1) is 20.1. The molecule has 2 rings (SSSR count). The van der Waals surface area contributed by atoms with Gasteiger partial charge in [-0.2, -0.15) is 0 Å². The number of aldehydes is 1. The molecule has 1 aliphatic heterocycles. The molecule has 0 amide bonds. The van der Waals surface area contributed by atoms with Gasteiger partial charge in [-0.25, -0.2) is 4.79 Å². The minimum absolute atomic E-state index is 0.141. The van der Waals surface area contributed by atoms with E-state index >= 15 is 0 Å². The van der Waals surface area contributed by atoms with E-state index in [0.29, 0.717) is 23.9 Å². The zero-order valence-corrected chi connectivity index (χ0v) is 15.4. The molecule has 26 heavy (non-hydrogen) atoms. The SMILES string of the molecule is C=C1C(=O)O[C@H]2/C=C(/C)[C@@H](O)C/C=C(/C=O)C[C@@H](OC(=O)[C@H](C)CC)[C@@H]12. The number of ether oxygens (including phenoxy) is 2.